The van der Waals surface area contributed by atoms with Crippen LogP contribution in [0, 0.1) is 5.82 Å². The highest BCUT2D eigenvalue weighted by Gasteiger charge is 2.39. The summed E-state index contributed by atoms with van der Waals surface area (Å²) in [4.78, 5) is 32.1. The van der Waals surface area contributed by atoms with Crippen LogP contribution in [0.25, 0.3) is 10.2 Å². The number of benzene rings is 2. The van der Waals surface area contributed by atoms with Gasteiger partial charge < -0.3 is 4.90 Å². The molecular weight excluding hydrogens is 377 g/mol. The maximum Gasteiger partial charge on any atom is 0.303 e. The molecule has 5 rings (SSSR count). The number of likely N-dealkylation sites (tertiary alicyclic amines) is 1. The zero-order valence-corrected chi connectivity index (χ0v) is 16.0. The van der Waals surface area contributed by atoms with Gasteiger partial charge in [0.05, 0.1) is 40.5 Å². The predicted molar refractivity (Wildman–Crippen MR) is 105 cm³/mol. The molecule has 0 spiro atoms. The molecule has 2 aliphatic rings. The van der Waals surface area contributed by atoms with E-state index in [0.29, 0.717) is 23.8 Å². The van der Waals surface area contributed by atoms with Crippen molar-refractivity contribution < 1.29 is 18.9 Å². The summed E-state index contributed by atoms with van der Waals surface area (Å²) >= 11 is 1.73. The molecule has 0 aliphatic carbocycles. The lowest BCUT2D eigenvalue weighted by molar-refractivity contribution is -0.905. The normalized spacial score (nSPS) is 22.1. The number of nitrogens with zero attached hydrogens (tertiary/aromatic N) is 2. The highest BCUT2D eigenvalue weighted by Crippen LogP contribution is 2.31. The third kappa shape index (κ3) is 2.91. The Morgan fingerprint density at radius 3 is 2.93 bits per heavy atom. The van der Waals surface area contributed by atoms with E-state index in [1.54, 1.807) is 11.3 Å². The molecule has 1 N–H and O–H groups in total. The van der Waals surface area contributed by atoms with Gasteiger partial charge in [-0.2, -0.15) is 0 Å². The minimum absolute atomic E-state index is 0.297. The van der Waals surface area contributed by atoms with E-state index in [1.165, 1.54) is 32.7 Å². The van der Waals surface area contributed by atoms with E-state index in [1.807, 2.05) is 18.2 Å². The Hall–Kier alpha value is -2.64. The zero-order valence-electron chi connectivity index (χ0n) is 15.2. The number of aromatic nitrogens is 1. The Bertz CT molecular complexity index is 1060. The lowest BCUT2D eigenvalue weighted by atomic mass is 9.99. The number of quaternary nitrogens is 1. The molecule has 2 aromatic carbocycles. The van der Waals surface area contributed by atoms with E-state index in [0.717, 1.165) is 36.5 Å². The van der Waals surface area contributed by atoms with Crippen molar-refractivity contribution in [2.45, 2.75) is 18.8 Å². The second kappa shape index (κ2) is 6.76. The average molecular weight is 396 g/mol. The molecule has 1 aromatic heterocycles. The van der Waals surface area contributed by atoms with Gasteiger partial charge in [-0.3, -0.25) is 14.5 Å². The zero-order chi connectivity index (χ0) is 19.3. The number of para-hydroxylation sites is 1. The van der Waals surface area contributed by atoms with E-state index in [9.17, 15) is 14.0 Å². The molecule has 1 amide bonds. The first-order chi connectivity index (χ1) is 13.6. The smallest absolute Gasteiger partial charge is 0.303 e. The number of nitrogens with one attached hydrogen (secondary N) is 1. The number of hydrogen-bond donors (Lipinski definition) is 1. The Balaban J connectivity index is 1.37. The number of amides is 1. The molecule has 1 saturated heterocycles. The highest BCUT2D eigenvalue weighted by atomic mass is 32.1. The second-order valence-electron chi connectivity index (χ2n) is 7.44. The molecule has 142 valence electrons. The summed E-state index contributed by atoms with van der Waals surface area (Å²) in [5, 5.41) is 1.13. The van der Waals surface area contributed by atoms with Gasteiger partial charge in [-0.15, -0.1) is 11.3 Å². The van der Waals surface area contributed by atoms with Crippen LogP contribution in [0.4, 0.5) is 10.1 Å². The molecule has 28 heavy (non-hydrogen) atoms. The summed E-state index contributed by atoms with van der Waals surface area (Å²) in [5.41, 5.74) is 1.72. The minimum atomic E-state index is -0.560. The van der Waals surface area contributed by atoms with Crippen LogP contribution in [-0.2, 0) is 4.79 Å². The number of Topliss-reactive ketones (excluding diaryl/α,β-unsaturated/α-hetero) is 1. The Morgan fingerprint density at radius 2 is 2.07 bits per heavy atom. The van der Waals surface area contributed by atoms with Crippen LogP contribution in [-0.4, -0.2) is 36.4 Å². The number of hydrogen-bond acceptors (Lipinski definition) is 4. The molecule has 7 heteroatoms. The summed E-state index contributed by atoms with van der Waals surface area (Å²) in [6.45, 7) is 2.15. The number of carbonyl (C=O) groups is 2. The number of carbonyl (C=O) groups excluding carboxylic acids is 2. The molecule has 1 unspecified atom stereocenters. The molecular formula is C21H19FN3O2S+. The van der Waals surface area contributed by atoms with E-state index in [2.05, 4.69) is 6.07 Å². The number of fused-ring (bicyclic) bond motifs is 2. The number of ketones is 1. The standard InChI is InChI=1S/C21H18FN3O2S/c22-14-7-8-15-17(10-14)25(21(27)19(15)26)12-24-9-3-4-13(11-24)20-23-16-5-1-2-6-18(16)28-20/h1-2,5-8,10,13H,3-4,9,11-12H2/p+1/t13-/m1/s1. The average Bonchev–Trinajstić information content (AvgIpc) is 3.24. The first-order valence-corrected chi connectivity index (χ1v) is 10.3. The molecule has 2 atom stereocenters. The maximum atomic E-state index is 13.7. The van der Waals surface area contributed by atoms with E-state index in [-0.39, 0.29) is 0 Å². The Kier molecular flexibility index (Phi) is 4.21. The summed E-state index contributed by atoms with van der Waals surface area (Å²) in [5.74, 6) is -1.21. The second-order valence-corrected chi connectivity index (χ2v) is 8.51. The van der Waals surface area contributed by atoms with Gasteiger partial charge in [-0.05, 0) is 43.2 Å². The van der Waals surface area contributed by atoms with Gasteiger partial charge in [0.15, 0.2) is 6.67 Å². The molecule has 5 nitrogen and oxygen atoms in total. The Morgan fingerprint density at radius 1 is 1.21 bits per heavy atom. The molecule has 3 heterocycles. The fraction of sp³-hybridized carbons (Fsp3) is 0.286. The maximum absolute atomic E-state index is 13.7. The SMILES string of the molecule is O=C1C(=O)N(C[NH+]2CCC[C@@H](c3nc4ccccc4s3)C2)c2cc(F)ccc21. The fourth-order valence-electron chi connectivity index (χ4n) is 4.22. The number of thiazole rings is 1. The highest BCUT2D eigenvalue weighted by molar-refractivity contribution is 7.18. The van der Waals surface area contributed by atoms with Crippen molar-refractivity contribution in [2.75, 3.05) is 24.7 Å². The quantitative estimate of drug-likeness (QED) is 0.692. The molecule has 1 fully saturated rings. The van der Waals surface area contributed by atoms with Crippen molar-refractivity contribution in [3.05, 3.63) is 58.9 Å². The van der Waals surface area contributed by atoms with Crippen molar-refractivity contribution in [3.8, 4) is 0 Å². The fourth-order valence-corrected chi connectivity index (χ4v) is 5.32. The summed E-state index contributed by atoms with van der Waals surface area (Å²) in [7, 11) is 0. The van der Waals surface area contributed by atoms with Gasteiger partial charge in [-0.25, -0.2) is 9.37 Å². The van der Waals surface area contributed by atoms with Gasteiger partial charge in [0, 0.05) is 0 Å². The summed E-state index contributed by atoms with van der Waals surface area (Å²) in [6, 6.07) is 12.1. The monoisotopic (exact) mass is 396 g/mol. The molecule has 0 saturated carbocycles. The Labute approximate surface area is 165 Å². The summed E-state index contributed by atoms with van der Waals surface area (Å²) in [6.07, 6.45) is 2.10. The largest absolute Gasteiger partial charge is 0.317 e. The first kappa shape index (κ1) is 17.5. The van der Waals surface area contributed by atoms with E-state index in [4.69, 9.17) is 4.98 Å². The number of piperidine rings is 1. The molecule has 0 radical (unpaired) electrons. The first-order valence-electron chi connectivity index (χ1n) is 9.45. The van der Waals surface area contributed by atoms with Crippen LogP contribution in [0.15, 0.2) is 42.5 Å². The van der Waals surface area contributed by atoms with Gasteiger partial charge in [0.2, 0.25) is 0 Å². The van der Waals surface area contributed by atoms with Crippen molar-refractivity contribution >= 4 is 38.9 Å². The van der Waals surface area contributed by atoms with Crippen LogP contribution in [0.3, 0.4) is 0 Å². The molecule has 0 bridgehead atoms. The molecule has 2 aliphatic heterocycles. The van der Waals surface area contributed by atoms with E-state index < -0.39 is 17.5 Å². The topological polar surface area (TPSA) is 54.7 Å². The van der Waals surface area contributed by atoms with Crippen molar-refractivity contribution in [1.82, 2.24) is 4.98 Å². The number of anilines is 1. The van der Waals surface area contributed by atoms with E-state index >= 15 is 0 Å². The van der Waals surface area contributed by atoms with Crippen LogP contribution in [0.2, 0.25) is 0 Å². The third-order valence-corrected chi connectivity index (χ3v) is 6.79. The van der Waals surface area contributed by atoms with Crippen molar-refractivity contribution in [2.24, 2.45) is 0 Å². The van der Waals surface area contributed by atoms with Gasteiger partial charge in [0.1, 0.15) is 10.8 Å². The van der Waals surface area contributed by atoms with Gasteiger partial charge in [0.25, 0.3) is 5.78 Å². The minimum Gasteiger partial charge on any atom is -0.317 e. The third-order valence-electron chi connectivity index (χ3n) is 5.59. The lowest BCUT2D eigenvalue weighted by Crippen LogP contribution is -3.15. The number of rotatable bonds is 3. The predicted octanol–water partition coefficient (Wildman–Crippen LogP) is 2.38. The summed E-state index contributed by atoms with van der Waals surface area (Å²) < 4.78 is 14.9. The number of halogens is 1. The van der Waals surface area contributed by atoms with Crippen LogP contribution in [0.5, 0.6) is 0 Å². The van der Waals surface area contributed by atoms with Crippen LogP contribution >= 0.6 is 11.3 Å². The molecule has 3 aromatic rings. The van der Waals surface area contributed by atoms with Gasteiger partial charge in [-0.1, -0.05) is 12.1 Å². The van der Waals surface area contributed by atoms with Gasteiger partial charge >= 0.3 is 5.91 Å². The van der Waals surface area contributed by atoms with Crippen LogP contribution in [0.1, 0.15) is 34.1 Å². The van der Waals surface area contributed by atoms with Crippen LogP contribution < -0.4 is 9.80 Å². The lowest BCUT2D eigenvalue weighted by Gasteiger charge is -2.31. The van der Waals surface area contributed by atoms with Crippen molar-refractivity contribution in [3.63, 3.8) is 0 Å². The van der Waals surface area contributed by atoms with Crippen molar-refractivity contribution in [1.29, 1.82) is 0 Å².